The van der Waals surface area contributed by atoms with Gasteiger partial charge in [-0.15, -0.1) is 0 Å². The fraction of sp³-hybridized carbons (Fsp3) is 0.353. The normalized spacial score (nSPS) is 14.0. The maximum atomic E-state index is 6.44. The Hall–Kier alpha value is -1.38. The molecule has 0 saturated heterocycles. The van der Waals surface area contributed by atoms with E-state index in [0.717, 1.165) is 17.1 Å². The van der Waals surface area contributed by atoms with Gasteiger partial charge in [-0.25, -0.2) is 0 Å². The average molecular weight is 289 g/mol. The lowest BCUT2D eigenvalue weighted by Gasteiger charge is -2.26. The van der Waals surface area contributed by atoms with Gasteiger partial charge in [-0.3, -0.25) is 4.98 Å². The molecule has 0 aliphatic rings. The van der Waals surface area contributed by atoms with Crippen LogP contribution in [0, 0.1) is 6.92 Å². The molecule has 1 aromatic carbocycles. The maximum Gasteiger partial charge on any atom is 0.0456 e. The minimum absolute atomic E-state index is 0.204. The number of benzene rings is 1. The minimum Gasteiger partial charge on any atom is -0.310 e. The van der Waals surface area contributed by atoms with Crippen molar-refractivity contribution in [2.45, 2.75) is 32.7 Å². The van der Waals surface area contributed by atoms with Gasteiger partial charge in [-0.2, -0.15) is 0 Å². The summed E-state index contributed by atoms with van der Waals surface area (Å²) < 4.78 is 0. The third kappa shape index (κ3) is 3.38. The number of hydrogen-bond acceptors (Lipinski definition) is 2. The number of likely N-dealkylation sites (N-methyl/N-ethyl adjacent to an activating group) is 1. The van der Waals surface area contributed by atoms with Crippen molar-refractivity contribution in [1.82, 2.24) is 10.3 Å². The Bertz CT molecular complexity index is 554. The van der Waals surface area contributed by atoms with Gasteiger partial charge in [0.2, 0.25) is 0 Å². The fourth-order valence-corrected chi connectivity index (χ4v) is 2.87. The van der Waals surface area contributed by atoms with Gasteiger partial charge < -0.3 is 5.32 Å². The number of aryl methyl sites for hydroxylation is 1. The van der Waals surface area contributed by atoms with E-state index >= 15 is 0 Å². The van der Waals surface area contributed by atoms with Crippen LogP contribution in [0.1, 0.15) is 42.5 Å². The second kappa shape index (κ2) is 6.87. The first-order chi connectivity index (χ1) is 9.63. The van der Waals surface area contributed by atoms with Crippen LogP contribution in [0.25, 0.3) is 0 Å². The second-order valence-electron chi connectivity index (χ2n) is 5.13. The van der Waals surface area contributed by atoms with E-state index in [0.29, 0.717) is 5.92 Å². The first-order valence-corrected chi connectivity index (χ1v) is 7.40. The number of pyridine rings is 1. The molecule has 0 aliphatic heterocycles. The quantitative estimate of drug-likeness (QED) is 0.876. The molecule has 2 aromatic rings. The molecular weight excluding hydrogens is 268 g/mol. The van der Waals surface area contributed by atoms with Crippen molar-refractivity contribution in [2.75, 3.05) is 6.54 Å². The zero-order chi connectivity index (χ0) is 14.5. The number of nitrogens with one attached hydrogen (secondary N) is 1. The molecule has 106 valence electrons. The molecule has 1 aromatic heterocycles. The largest absolute Gasteiger partial charge is 0.310 e. The summed E-state index contributed by atoms with van der Waals surface area (Å²) in [6, 6.07) is 10.6. The van der Waals surface area contributed by atoms with Crippen LogP contribution in [0.5, 0.6) is 0 Å². The monoisotopic (exact) mass is 288 g/mol. The lowest BCUT2D eigenvalue weighted by molar-refractivity contribution is 0.479. The molecule has 0 radical (unpaired) electrons. The van der Waals surface area contributed by atoms with Crippen LogP contribution < -0.4 is 5.32 Å². The van der Waals surface area contributed by atoms with Crippen LogP contribution in [-0.4, -0.2) is 11.5 Å². The minimum atomic E-state index is 0.204. The van der Waals surface area contributed by atoms with Crippen LogP contribution in [0.4, 0.5) is 0 Å². The van der Waals surface area contributed by atoms with E-state index in [4.69, 9.17) is 11.6 Å². The van der Waals surface area contributed by atoms with Crippen LogP contribution in [0.3, 0.4) is 0 Å². The van der Waals surface area contributed by atoms with E-state index < -0.39 is 0 Å². The van der Waals surface area contributed by atoms with E-state index in [2.05, 4.69) is 55.3 Å². The van der Waals surface area contributed by atoms with E-state index in [-0.39, 0.29) is 6.04 Å². The fourth-order valence-electron chi connectivity index (χ4n) is 2.52. The molecule has 2 atom stereocenters. The number of nitrogens with zero attached hydrogens (tertiary/aromatic N) is 1. The van der Waals surface area contributed by atoms with Gasteiger partial charge in [-0.1, -0.05) is 37.6 Å². The van der Waals surface area contributed by atoms with Gasteiger partial charge in [0, 0.05) is 29.4 Å². The lowest BCUT2D eigenvalue weighted by Crippen LogP contribution is -2.26. The summed E-state index contributed by atoms with van der Waals surface area (Å²) in [5.74, 6) is 0.332. The SMILES string of the molecule is CCNC(c1ccc(C)cc1Cl)C(C)c1ccncc1. The zero-order valence-electron chi connectivity index (χ0n) is 12.2. The average Bonchev–Trinajstić information content (AvgIpc) is 2.46. The molecule has 0 aliphatic carbocycles. The van der Waals surface area contributed by atoms with Crippen molar-refractivity contribution in [2.24, 2.45) is 0 Å². The molecule has 3 heteroatoms. The standard InChI is InChI=1S/C17H21ClN2/c1-4-20-17(13(3)14-7-9-19-10-8-14)15-6-5-12(2)11-16(15)18/h5-11,13,17,20H,4H2,1-3H3. The Labute approximate surface area is 126 Å². The summed E-state index contributed by atoms with van der Waals surface area (Å²) >= 11 is 6.44. The summed E-state index contributed by atoms with van der Waals surface area (Å²) in [6.45, 7) is 7.31. The Kier molecular flexibility index (Phi) is 5.16. The lowest BCUT2D eigenvalue weighted by atomic mass is 9.88. The number of halogens is 1. The van der Waals surface area contributed by atoms with Crippen LogP contribution in [-0.2, 0) is 0 Å². The van der Waals surface area contributed by atoms with Gasteiger partial charge in [0.15, 0.2) is 0 Å². The van der Waals surface area contributed by atoms with E-state index in [1.54, 1.807) is 0 Å². The van der Waals surface area contributed by atoms with Gasteiger partial charge in [0.05, 0.1) is 0 Å². The van der Waals surface area contributed by atoms with Crippen molar-refractivity contribution in [3.63, 3.8) is 0 Å². The highest BCUT2D eigenvalue weighted by Gasteiger charge is 2.22. The maximum absolute atomic E-state index is 6.44. The molecule has 0 fully saturated rings. The Morgan fingerprint density at radius 3 is 2.50 bits per heavy atom. The molecule has 20 heavy (non-hydrogen) atoms. The van der Waals surface area contributed by atoms with Crippen LogP contribution in [0.15, 0.2) is 42.7 Å². The molecule has 2 rings (SSSR count). The Morgan fingerprint density at radius 1 is 1.20 bits per heavy atom. The molecular formula is C17H21ClN2. The second-order valence-corrected chi connectivity index (χ2v) is 5.54. The zero-order valence-corrected chi connectivity index (χ0v) is 13.0. The smallest absolute Gasteiger partial charge is 0.0456 e. The van der Waals surface area contributed by atoms with Crippen molar-refractivity contribution >= 4 is 11.6 Å². The van der Waals surface area contributed by atoms with Gasteiger partial charge >= 0.3 is 0 Å². The first kappa shape index (κ1) is 15.0. The van der Waals surface area contributed by atoms with Crippen LogP contribution in [0.2, 0.25) is 5.02 Å². The molecule has 1 N–H and O–H groups in total. The molecule has 0 saturated carbocycles. The molecule has 0 spiro atoms. The molecule has 2 unspecified atom stereocenters. The summed E-state index contributed by atoms with van der Waals surface area (Å²) in [7, 11) is 0. The molecule has 0 amide bonds. The van der Waals surface area contributed by atoms with Gasteiger partial charge in [0.25, 0.3) is 0 Å². The number of rotatable bonds is 5. The van der Waals surface area contributed by atoms with Crippen LogP contribution >= 0.6 is 11.6 Å². The van der Waals surface area contributed by atoms with Crippen molar-refractivity contribution in [3.05, 3.63) is 64.4 Å². The summed E-state index contributed by atoms with van der Waals surface area (Å²) in [6.07, 6.45) is 3.68. The number of aromatic nitrogens is 1. The predicted octanol–water partition coefficient (Wildman–Crippen LogP) is 4.50. The van der Waals surface area contributed by atoms with Gasteiger partial charge in [-0.05, 0) is 48.4 Å². The first-order valence-electron chi connectivity index (χ1n) is 7.02. The topological polar surface area (TPSA) is 24.9 Å². The summed E-state index contributed by atoms with van der Waals surface area (Å²) in [5, 5.41) is 4.38. The van der Waals surface area contributed by atoms with Crippen molar-refractivity contribution < 1.29 is 0 Å². The third-order valence-corrected chi connectivity index (χ3v) is 3.97. The summed E-state index contributed by atoms with van der Waals surface area (Å²) in [4.78, 5) is 4.09. The highest BCUT2D eigenvalue weighted by atomic mass is 35.5. The molecule has 2 nitrogen and oxygen atoms in total. The number of hydrogen-bond donors (Lipinski definition) is 1. The third-order valence-electron chi connectivity index (χ3n) is 3.65. The van der Waals surface area contributed by atoms with Gasteiger partial charge in [0.1, 0.15) is 0 Å². The van der Waals surface area contributed by atoms with Crippen molar-refractivity contribution in [3.8, 4) is 0 Å². The molecule has 0 bridgehead atoms. The van der Waals surface area contributed by atoms with E-state index in [1.165, 1.54) is 11.1 Å². The highest BCUT2D eigenvalue weighted by Crippen LogP contribution is 2.34. The summed E-state index contributed by atoms with van der Waals surface area (Å²) in [5.41, 5.74) is 3.61. The highest BCUT2D eigenvalue weighted by molar-refractivity contribution is 6.31. The predicted molar refractivity (Wildman–Crippen MR) is 85.3 cm³/mol. The van der Waals surface area contributed by atoms with E-state index in [9.17, 15) is 0 Å². The van der Waals surface area contributed by atoms with Crippen molar-refractivity contribution in [1.29, 1.82) is 0 Å². The molecule has 1 heterocycles. The van der Waals surface area contributed by atoms with E-state index in [1.807, 2.05) is 18.5 Å². The Morgan fingerprint density at radius 2 is 1.90 bits per heavy atom. The Balaban J connectivity index is 2.35.